The fraction of sp³-hybridized carbons (Fsp3) is 0.105. The van der Waals surface area contributed by atoms with Crippen molar-refractivity contribution in [2.45, 2.75) is 12.6 Å². The molecule has 1 N–H and O–H groups in total. The molecule has 26 heavy (non-hydrogen) atoms. The van der Waals surface area contributed by atoms with Crippen LogP contribution in [0.25, 0.3) is 16.7 Å². The van der Waals surface area contributed by atoms with Gasteiger partial charge < -0.3 is 8.98 Å². The van der Waals surface area contributed by atoms with E-state index in [-0.39, 0.29) is 18.4 Å². The van der Waals surface area contributed by atoms with Crippen LogP contribution in [0.5, 0.6) is 0 Å². The molecule has 1 atom stereocenters. The van der Waals surface area contributed by atoms with Crippen LogP contribution in [0.2, 0.25) is 10.2 Å². The van der Waals surface area contributed by atoms with E-state index in [0.717, 1.165) is 38.7 Å². The molecule has 0 radical (unpaired) electrons. The molecule has 5 rings (SSSR count). The Kier molecular flexibility index (Phi) is 4.45. The zero-order valence-corrected chi connectivity index (χ0v) is 15.8. The van der Waals surface area contributed by atoms with E-state index < -0.39 is 0 Å². The Balaban J connectivity index is 0.00000168. The number of furan rings is 1. The highest BCUT2D eigenvalue weighted by atomic mass is 35.5. The van der Waals surface area contributed by atoms with Crippen molar-refractivity contribution in [2.75, 3.05) is 0 Å². The molecule has 0 spiro atoms. The topological polar surface area (TPSA) is 43.0 Å². The summed E-state index contributed by atoms with van der Waals surface area (Å²) in [6.07, 6.45) is 3.78. The summed E-state index contributed by atoms with van der Waals surface area (Å²) in [6.45, 7) is 0.650. The summed E-state index contributed by atoms with van der Waals surface area (Å²) in [7, 11) is 0. The minimum atomic E-state index is -0.0929. The smallest absolute Gasteiger partial charge is 0.139 e. The minimum Gasteiger partial charge on any atom is -0.459 e. The van der Waals surface area contributed by atoms with Crippen LogP contribution >= 0.6 is 35.6 Å². The highest BCUT2D eigenvalue weighted by molar-refractivity contribution is 6.31. The Labute approximate surface area is 166 Å². The fourth-order valence-corrected chi connectivity index (χ4v) is 3.81. The van der Waals surface area contributed by atoms with Crippen LogP contribution in [0.4, 0.5) is 0 Å². The van der Waals surface area contributed by atoms with Gasteiger partial charge in [-0.1, -0.05) is 29.3 Å². The molecule has 3 aromatic heterocycles. The van der Waals surface area contributed by atoms with Crippen molar-refractivity contribution >= 4 is 46.6 Å². The first-order valence-electron chi connectivity index (χ1n) is 7.94. The average molecular weight is 407 g/mol. The van der Waals surface area contributed by atoms with Crippen LogP contribution in [-0.4, -0.2) is 9.55 Å². The number of pyridine rings is 1. The van der Waals surface area contributed by atoms with E-state index in [1.165, 1.54) is 0 Å². The van der Waals surface area contributed by atoms with Crippen LogP contribution < -0.4 is 5.32 Å². The molecule has 7 heteroatoms. The first kappa shape index (κ1) is 17.4. The van der Waals surface area contributed by atoms with Crippen LogP contribution in [0.15, 0.2) is 59.3 Å². The monoisotopic (exact) mass is 405 g/mol. The van der Waals surface area contributed by atoms with Crippen molar-refractivity contribution in [3.8, 4) is 5.69 Å². The molecule has 0 fully saturated rings. The zero-order valence-electron chi connectivity index (χ0n) is 13.4. The average Bonchev–Trinajstić information content (AvgIpc) is 3.20. The Morgan fingerprint density at radius 1 is 1.15 bits per heavy atom. The molecular weight excluding hydrogens is 393 g/mol. The van der Waals surface area contributed by atoms with Crippen LogP contribution in [0.3, 0.4) is 0 Å². The maximum atomic E-state index is 6.42. The van der Waals surface area contributed by atoms with Gasteiger partial charge in [0.05, 0.1) is 5.69 Å². The van der Waals surface area contributed by atoms with Gasteiger partial charge in [0.15, 0.2) is 0 Å². The quantitative estimate of drug-likeness (QED) is 0.422. The van der Waals surface area contributed by atoms with Gasteiger partial charge in [0.1, 0.15) is 22.5 Å². The number of benzene rings is 1. The Morgan fingerprint density at radius 3 is 2.92 bits per heavy atom. The summed E-state index contributed by atoms with van der Waals surface area (Å²) in [5.74, 6) is 0.822. The SMILES string of the molecule is Cl.Clc1cc2oc(C3NCc4c(Cl)cccc4-n4cccc43)cc2cn1. The number of hydrogen-bond donors (Lipinski definition) is 1. The van der Waals surface area contributed by atoms with Crippen LogP contribution in [0, 0.1) is 0 Å². The maximum Gasteiger partial charge on any atom is 0.139 e. The van der Waals surface area contributed by atoms with Crippen molar-refractivity contribution in [3.05, 3.63) is 82.1 Å². The highest BCUT2D eigenvalue weighted by Crippen LogP contribution is 2.35. The molecule has 0 bridgehead atoms. The zero-order chi connectivity index (χ0) is 17.0. The van der Waals surface area contributed by atoms with E-state index in [1.807, 2.05) is 30.5 Å². The van der Waals surface area contributed by atoms with E-state index in [9.17, 15) is 0 Å². The molecule has 132 valence electrons. The molecule has 1 aromatic carbocycles. The molecule has 1 aliphatic rings. The standard InChI is InChI=1S/C19H13Cl2N3O.ClH/c20-13-3-1-4-14-12(13)10-23-19(15-5-2-6-24(14)15)17-7-11-9-22-18(21)8-16(11)25-17;/h1-9,19,23H,10H2;1H. The highest BCUT2D eigenvalue weighted by Gasteiger charge is 2.26. The summed E-state index contributed by atoms with van der Waals surface area (Å²) < 4.78 is 8.22. The summed E-state index contributed by atoms with van der Waals surface area (Å²) in [4.78, 5) is 4.12. The van der Waals surface area contributed by atoms with E-state index in [2.05, 4.69) is 27.0 Å². The van der Waals surface area contributed by atoms with Gasteiger partial charge in [-0.2, -0.15) is 0 Å². The molecule has 4 aromatic rings. The first-order valence-corrected chi connectivity index (χ1v) is 8.70. The van der Waals surface area contributed by atoms with Gasteiger partial charge in [-0.05, 0) is 30.3 Å². The largest absolute Gasteiger partial charge is 0.459 e. The summed E-state index contributed by atoms with van der Waals surface area (Å²) in [5, 5.41) is 5.67. The number of rotatable bonds is 1. The number of hydrogen-bond acceptors (Lipinski definition) is 3. The van der Waals surface area contributed by atoms with Crippen molar-refractivity contribution < 1.29 is 4.42 Å². The molecular formula is C19H14Cl3N3O. The van der Waals surface area contributed by atoms with Crippen molar-refractivity contribution in [3.63, 3.8) is 0 Å². The molecule has 0 saturated heterocycles. The number of aromatic nitrogens is 2. The molecule has 0 amide bonds. The second-order valence-electron chi connectivity index (χ2n) is 6.05. The van der Waals surface area contributed by atoms with Gasteiger partial charge in [0.2, 0.25) is 0 Å². The van der Waals surface area contributed by atoms with Gasteiger partial charge in [-0.25, -0.2) is 4.98 Å². The Morgan fingerprint density at radius 2 is 2.04 bits per heavy atom. The number of nitrogens with zero attached hydrogens (tertiary/aromatic N) is 2. The Bertz CT molecular complexity index is 1100. The lowest BCUT2D eigenvalue weighted by atomic mass is 10.1. The molecule has 1 unspecified atom stereocenters. The number of nitrogens with one attached hydrogen (secondary N) is 1. The maximum absolute atomic E-state index is 6.42. The minimum absolute atomic E-state index is 0. The van der Waals surface area contributed by atoms with E-state index in [1.54, 1.807) is 12.3 Å². The van der Waals surface area contributed by atoms with Crippen molar-refractivity contribution in [1.29, 1.82) is 0 Å². The third-order valence-corrected chi connectivity index (χ3v) is 5.15. The van der Waals surface area contributed by atoms with Crippen LogP contribution in [-0.2, 0) is 6.54 Å². The molecule has 0 saturated carbocycles. The number of halogens is 3. The van der Waals surface area contributed by atoms with Gasteiger partial charge >= 0.3 is 0 Å². The first-order chi connectivity index (χ1) is 12.2. The summed E-state index contributed by atoms with van der Waals surface area (Å²) in [6, 6.07) is 13.7. The van der Waals surface area contributed by atoms with E-state index in [4.69, 9.17) is 27.6 Å². The van der Waals surface area contributed by atoms with Crippen molar-refractivity contribution in [1.82, 2.24) is 14.9 Å². The predicted molar refractivity (Wildman–Crippen MR) is 106 cm³/mol. The van der Waals surface area contributed by atoms with E-state index >= 15 is 0 Å². The van der Waals surface area contributed by atoms with E-state index in [0.29, 0.717) is 11.7 Å². The third kappa shape index (κ3) is 2.70. The lowest BCUT2D eigenvalue weighted by Crippen LogP contribution is -2.20. The van der Waals surface area contributed by atoms with Crippen LogP contribution in [0.1, 0.15) is 23.1 Å². The van der Waals surface area contributed by atoms with Gasteiger partial charge in [0.25, 0.3) is 0 Å². The van der Waals surface area contributed by atoms with Gasteiger partial charge in [0, 0.05) is 46.7 Å². The molecule has 1 aliphatic heterocycles. The predicted octanol–water partition coefficient (Wildman–Crippen LogP) is 5.54. The summed E-state index contributed by atoms with van der Waals surface area (Å²) >= 11 is 12.4. The normalized spacial score (nSPS) is 15.8. The molecule has 4 heterocycles. The van der Waals surface area contributed by atoms with Crippen molar-refractivity contribution in [2.24, 2.45) is 0 Å². The second kappa shape index (κ2) is 6.63. The fourth-order valence-electron chi connectivity index (χ4n) is 3.42. The Hall–Kier alpha value is -1.98. The number of fused-ring (bicyclic) bond motifs is 4. The molecule has 4 nitrogen and oxygen atoms in total. The third-order valence-electron chi connectivity index (χ3n) is 4.58. The summed E-state index contributed by atoms with van der Waals surface area (Å²) in [5.41, 5.74) is 3.99. The lowest BCUT2D eigenvalue weighted by molar-refractivity contribution is 0.465. The second-order valence-corrected chi connectivity index (χ2v) is 6.84. The van der Waals surface area contributed by atoms with Gasteiger partial charge in [-0.3, -0.25) is 5.32 Å². The lowest BCUT2D eigenvalue weighted by Gasteiger charge is -2.14. The molecule has 0 aliphatic carbocycles. The van der Waals surface area contributed by atoms with Gasteiger partial charge in [-0.15, -0.1) is 12.4 Å².